The zero-order valence-corrected chi connectivity index (χ0v) is 18.9. The Morgan fingerprint density at radius 1 is 0.735 bits per heavy atom. The van der Waals surface area contributed by atoms with E-state index in [1.54, 1.807) is 13.8 Å². The lowest BCUT2D eigenvalue weighted by Gasteiger charge is -2.25. The number of hydrogen-bond donors (Lipinski definition) is 8. The first kappa shape index (κ1) is 30.2. The first-order valence-corrected chi connectivity index (χ1v) is 10.3. The molecule has 0 aromatic heterocycles. The Bertz CT molecular complexity index is 801. The van der Waals surface area contributed by atoms with E-state index in [9.17, 15) is 38.7 Å². The van der Waals surface area contributed by atoms with Gasteiger partial charge in [0.15, 0.2) is 0 Å². The number of nitrogens with one attached hydrogen (secondary N) is 3. The maximum Gasteiger partial charge on any atom is 0.326 e. The van der Waals surface area contributed by atoms with Crippen molar-refractivity contribution < 1.29 is 43.8 Å². The highest BCUT2D eigenvalue weighted by molar-refractivity contribution is 5.96. The van der Waals surface area contributed by atoms with E-state index in [2.05, 4.69) is 16.0 Å². The van der Waals surface area contributed by atoms with E-state index in [1.165, 1.54) is 0 Å². The van der Waals surface area contributed by atoms with Gasteiger partial charge in [-0.3, -0.25) is 28.8 Å². The second kappa shape index (κ2) is 14.4. The summed E-state index contributed by atoms with van der Waals surface area (Å²) in [6.07, 6.45) is -2.05. The Balaban J connectivity index is 5.61. The van der Waals surface area contributed by atoms with E-state index in [1.807, 2.05) is 0 Å². The predicted octanol–water partition coefficient (Wildman–Crippen LogP) is -3.49. The number of carboxylic acids is 2. The fraction of sp³-hybridized carbons (Fsp3) is 0.632. The minimum absolute atomic E-state index is 0.0827. The van der Waals surface area contributed by atoms with Gasteiger partial charge in [-0.25, -0.2) is 4.79 Å². The second-order valence-corrected chi connectivity index (χ2v) is 8.03. The molecule has 15 heteroatoms. The summed E-state index contributed by atoms with van der Waals surface area (Å²) < 4.78 is 0. The molecule has 0 spiro atoms. The third-order valence-corrected chi connectivity index (χ3v) is 4.40. The van der Waals surface area contributed by atoms with Crippen LogP contribution >= 0.6 is 0 Å². The molecule has 0 saturated carbocycles. The van der Waals surface area contributed by atoms with Crippen LogP contribution in [0.25, 0.3) is 0 Å². The number of hydrogen-bond acceptors (Lipinski definition) is 8. The minimum Gasteiger partial charge on any atom is -0.481 e. The molecule has 0 radical (unpaired) electrons. The number of amides is 5. The lowest BCUT2D eigenvalue weighted by molar-refractivity contribution is -0.143. The van der Waals surface area contributed by atoms with Gasteiger partial charge < -0.3 is 43.4 Å². The molecular weight excluding hydrogens is 456 g/mol. The van der Waals surface area contributed by atoms with Crippen LogP contribution in [0.1, 0.15) is 46.0 Å². The largest absolute Gasteiger partial charge is 0.481 e. The van der Waals surface area contributed by atoms with Gasteiger partial charge in [-0.1, -0.05) is 13.8 Å². The molecule has 0 aliphatic heterocycles. The Hall–Kier alpha value is -3.75. The van der Waals surface area contributed by atoms with E-state index in [-0.39, 0.29) is 25.2 Å². The van der Waals surface area contributed by atoms with Gasteiger partial charge >= 0.3 is 11.9 Å². The maximum absolute atomic E-state index is 12.7. The van der Waals surface area contributed by atoms with Crippen LogP contribution in [0.5, 0.6) is 0 Å². The fourth-order valence-corrected chi connectivity index (χ4v) is 2.76. The normalized spacial score (nSPS) is 14.2. The van der Waals surface area contributed by atoms with Crippen molar-refractivity contribution in [1.82, 2.24) is 16.0 Å². The van der Waals surface area contributed by atoms with Gasteiger partial charge in [0, 0.05) is 6.42 Å². The highest BCUT2D eigenvalue weighted by Crippen LogP contribution is 2.07. The summed E-state index contributed by atoms with van der Waals surface area (Å²) >= 11 is 0. The number of primary amides is 2. The Morgan fingerprint density at radius 2 is 1.24 bits per heavy atom. The summed E-state index contributed by atoms with van der Waals surface area (Å²) in [6, 6.07) is -5.90. The molecule has 5 amide bonds. The SMILES string of the molecule is CC(C)CC(NC(=O)C(CCC(N)=O)NC(=O)C(CC(N)=O)NC(=O)C(N)CC(=O)O)C(=O)O. The van der Waals surface area contributed by atoms with Crippen LogP contribution in [0.15, 0.2) is 0 Å². The van der Waals surface area contributed by atoms with Crippen molar-refractivity contribution in [3.8, 4) is 0 Å². The maximum atomic E-state index is 12.7. The number of rotatable bonds is 16. The van der Waals surface area contributed by atoms with Crippen LogP contribution in [0, 0.1) is 5.92 Å². The van der Waals surface area contributed by atoms with Crippen molar-refractivity contribution in [1.29, 1.82) is 0 Å². The number of carbonyl (C=O) groups is 7. The van der Waals surface area contributed by atoms with Crippen molar-refractivity contribution in [2.45, 2.75) is 70.1 Å². The first-order valence-electron chi connectivity index (χ1n) is 10.3. The molecule has 0 aromatic carbocycles. The van der Waals surface area contributed by atoms with Gasteiger partial charge in [-0.05, 0) is 18.8 Å². The smallest absolute Gasteiger partial charge is 0.326 e. The molecule has 0 heterocycles. The summed E-state index contributed by atoms with van der Waals surface area (Å²) in [6.45, 7) is 3.47. The molecule has 4 unspecified atom stereocenters. The van der Waals surface area contributed by atoms with Gasteiger partial charge in [-0.15, -0.1) is 0 Å². The van der Waals surface area contributed by atoms with Crippen molar-refractivity contribution in [2.75, 3.05) is 0 Å². The number of aliphatic carboxylic acids is 2. The Labute approximate surface area is 195 Å². The third kappa shape index (κ3) is 12.3. The molecule has 11 N–H and O–H groups in total. The topological polar surface area (TPSA) is 274 Å². The fourth-order valence-electron chi connectivity index (χ4n) is 2.76. The summed E-state index contributed by atoms with van der Waals surface area (Å²) in [5.74, 6) is -7.66. The van der Waals surface area contributed by atoms with E-state index in [4.69, 9.17) is 22.3 Å². The molecule has 0 saturated heterocycles. The van der Waals surface area contributed by atoms with Gasteiger partial charge in [-0.2, -0.15) is 0 Å². The third-order valence-electron chi connectivity index (χ3n) is 4.40. The van der Waals surface area contributed by atoms with Crippen LogP contribution in [-0.2, 0) is 33.6 Å². The molecule has 192 valence electrons. The quantitative estimate of drug-likeness (QED) is 0.106. The highest BCUT2D eigenvalue weighted by Gasteiger charge is 2.31. The average molecular weight is 488 g/mol. The van der Waals surface area contributed by atoms with Gasteiger partial charge in [0.1, 0.15) is 18.1 Å². The van der Waals surface area contributed by atoms with Gasteiger partial charge in [0.25, 0.3) is 0 Å². The molecule has 34 heavy (non-hydrogen) atoms. The molecule has 0 aliphatic carbocycles. The highest BCUT2D eigenvalue weighted by atomic mass is 16.4. The number of carbonyl (C=O) groups excluding carboxylic acids is 5. The van der Waals surface area contributed by atoms with Crippen LogP contribution < -0.4 is 33.2 Å². The predicted molar refractivity (Wildman–Crippen MR) is 115 cm³/mol. The molecule has 0 bridgehead atoms. The summed E-state index contributed by atoms with van der Waals surface area (Å²) in [5, 5.41) is 24.6. The van der Waals surface area contributed by atoms with Crippen LogP contribution in [0.3, 0.4) is 0 Å². The van der Waals surface area contributed by atoms with Crippen molar-refractivity contribution >= 4 is 41.5 Å². The van der Waals surface area contributed by atoms with Crippen molar-refractivity contribution in [3.63, 3.8) is 0 Å². The van der Waals surface area contributed by atoms with Gasteiger partial charge in [0.05, 0.1) is 18.9 Å². The van der Waals surface area contributed by atoms with E-state index >= 15 is 0 Å². The number of nitrogens with two attached hydrogens (primary N) is 3. The minimum atomic E-state index is -1.63. The molecule has 4 atom stereocenters. The molecule has 0 rings (SSSR count). The van der Waals surface area contributed by atoms with E-state index in [0.29, 0.717) is 0 Å². The summed E-state index contributed by atoms with van der Waals surface area (Å²) in [5.41, 5.74) is 15.6. The Morgan fingerprint density at radius 3 is 1.68 bits per heavy atom. The summed E-state index contributed by atoms with van der Waals surface area (Å²) in [7, 11) is 0. The standard InChI is InChI=1S/C19H32N6O9/c1-8(2)5-12(19(33)34)25-17(31)10(3-4-13(21)26)23-18(32)11(7-14(22)27)24-16(30)9(20)6-15(28)29/h8-12H,3-7,20H2,1-2H3,(H2,21,26)(H2,22,27)(H,23,32)(H,24,30)(H,25,31)(H,28,29)(H,33,34). The van der Waals surface area contributed by atoms with Crippen LogP contribution in [-0.4, -0.2) is 75.9 Å². The second-order valence-electron chi connectivity index (χ2n) is 8.03. The first-order chi connectivity index (χ1) is 15.6. The van der Waals surface area contributed by atoms with E-state index in [0.717, 1.165) is 0 Å². The monoisotopic (exact) mass is 488 g/mol. The van der Waals surface area contributed by atoms with Gasteiger partial charge in [0.2, 0.25) is 29.5 Å². The van der Waals surface area contributed by atoms with E-state index < -0.39 is 78.5 Å². The molecular formula is C19H32N6O9. The van der Waals surface area contributed by atoms with Crippen molar-refractivity contribution in [3.05, 3.63) is 0 Å². The molecule has 15 nitrogen and oxygen atoms in total. The zero-order valence-electron chi connectivity index (χ0n) is 18.9. The van der Waals surface area contributed by atoms with Crippen molar-refractivity contribution in [2.24, 2.45) is 23.1 Å². The van der Waals surface area contributed by atoms with Crippen LogP contribution in [0.2, 0.25) is 0 Å². The van der Waals surface area contributed by atoms with Crippen LogP contribution in [0.4, 0.5) is 0 Å². The average Bonchev–Trinajstić information content (AvgIpc) is 2.68. The molecule has 0 aromatic rings. The molecule has 0 fully saturated rings. The molecule has 0 aliphatic rings. The lowest BCUT2D eigenvalue weighted by Crippen LogP contribution is -2.58. The lowest BCUT2D eigenvalue weighted by atomic mass is 10.0. The summed E-state index contributed by atoms with van der Waals surface area (Å²) in [4.78, 5) is 82.2. The zero-order chi connectivity index (χ0) is 26.6. The number of carboxylic acid groups (broad SMARTS) is 2. The Kier molecular flexibility index (Phi) is 12.8.